The first-order valence-electron chi connectivity index (χ1n) is 6.94. The van der Waals surface area contributed by atoms with Crippen molar-refractivity contribution < 1.29 is 0 Å². The Bertz CT molecular complexity index is 505. The van der Waals surface area contributed by atoms with Gasteiger partial charge in [0.25, 0.3) is 0 Å². The molecule has 0 N–H and O–H groups in total. The Kier molecular flexibility index (Phi) is 5.24. The first-order valence-corrected chi connectivity index (χ1v) is 6.94. The lowest BCUT2D eigenvalue weighted by Crippen LogP contribution is -1.95. The van der Waals surface area contributed by atoms with Crippen LogP contribution in [-0.4, -0.2) is 12.4 Å². The topological polar surface area (TPSA) is 24.7 Å². The Hall–Kier alpha value is -2.22. The van der Waals surface area contributed by atoms with Crippen LogP contribution >= 0.6 is 0 Å². The van der Waals surface area contributed by atoms with E-state index in [-0.39, 0.29) is 11.8 Å². The normalized spacial score (nSPS) is 14.7. The van der Waals surface area contributed by atoms with Gasteiger partial charge in [-0.25, -0.2) is 0 Å². The smallest absolute Gasteiger partial charge is 0.0342 e. The molecule has 0 aliphatic rings. The molecule has 2 atom stereocenters. The molecule has 0 spiro atoms. The Labute approximate surface area is 120 Å². The van der Waals surface area contributed by atoms with E-state index in [1.54, 1.807) is 0 Å². The van der Waals surface area contributed by atoms with Crippen LogP contribution in [-0.2, 0) is 0 Å². The van der Waals surface area contributed by atoms with E-state index in [9.17, 15) is 0 Å². The molecule has 0 aromatic heterocycles. The highest BCUT2D eigenvalue weighted by Crippen LogP contribution is 2.13. The summed E-state index contributed by atoms with van der Waals surface area (Å²) in [6.45, 7) is 4.24. The van der Waals surface area contributed by atoms with Crippen LogP contribution < -0.4 is 0 Å². The minimum Gasteiger partial charge on any atom is -0.163 e. The Morgan fingerprint density at radius 3 is 1.35 bits per heavy atom. The van der Waals surface area contributed by atoms with Gasteiger partial charge >= 0.3 is 0 Å². The van der Waals surface area contributed by atoms with Gasteiger partial charge in [0.05, 0.1) is 0 Å². The lowest BCUT2D eigenvalue weighted by molar-refractivity contribution is 1.01. The van der Waals surface area contributed by atoms with Crippen molar-refractivity contribution in [1.29, 1.82) is 0 Å². The molecular formula is C18H20N2. The standard InChI is InChI=1S/C18H20N2/c1-15(17-9-5-3-6-10-17)13-19-20-14-16(2)18-11-7-4-8-12-18/h3-16H,1-2H3/b19-13+,20-14+. The van der Waals surface area contributed by atoms with E-state index < -0.39 is 0 Å². The van der Waals surface area contributed by atoms with Gasteiger partial charge in [-0.15, -0.1) is 0 Å². The molecule has 0 bridgehead atoms. The minimum absolute atomic E-state index is 0.278. The molecule has 0 aliphatic heterocycles. The molecule has 0 heterocycles. The molecular weight excluding hydrogens is 244 g/mol. The lowest BCUT2D eigenvalue weighted by atomic mass is 10.0. The third-order valence-electron chi connectivity index (χ3n) is 3.30. The van der Waals surface area contributed by atoms with Gasteiger partial charge in [-0.1, -0.05) is 74.5 Å². The van der Waals surface area contributed by atoms with Crippen molar-refractivity contribution in [3.8, 4) is 0 Å². The van der Waals surface area contributed by atoms with Crippen molar-refractivity contribution in [2.45, 2.75) is 25.7 Å². The zero-order valence-corrected chi connectivity index (χ0v) is 12.0. The summed E-state index contributed by atoms with van der Waals surface area (Å²) >= 11 is 0. The van der Waals surface area contributed by atoms with Gasteiger partial charge in [0.15, 0.2) is 0 Å². The highest BCUT2D eigenvalue weighted by Gasteiger charge is 2.01. The van der Waals surface area contributed by atoms with Gasteiger partial charge in [0.1, 0.15) is 0 Å². The van der Waals surface area contributed by atoms with E-state index in [4.69, 9.17) is 0 Å². The van der Waals surface area contributed by atoms with Crippen LogP contribution in [0.15, 0.2) is 70.9 Å². The second-order valence-electron chi connectivity index (χ2n) is 4.93. The summed E-state index contributed by atoms with van der Waals surface area (Å²) in [5, 5.41) is 8.32. The van der Waals surface area contributed by atoms with Crippen LogP contribution in [0, 0.1) is 0 Å². The van der Waals surface area contributed by atoms with Gasteiger partial charge in [0, 0.05) is 24.3 Å². The quantitative estimate of drug-likeness (QED) is 0.554. The molecule has 2 aromatic rings. The number of hydrogen-bond acceptors (Lipinski definition) is 2. The maximum absolute atomic E-state index is 4.16. The zero-order valence-electron chi connectivity index (χ0n) is 12.0. The van der Waals surface area contributed by atoms with Gasteiger partial charge in [0.2, 0.25) is 0 Å². The number of benzene rings is 2. The molecule has 2 rings (SSSR count). The van der Waals surface area contributed by atoms with Gasteiger partial charge in [-0.05, 0) is 11.1 Å². The van der Waals surface area contributed by atoms with Crippen molar-refractivity contribution in [3.63, 3.8) is 0 Å². The molecule has 2 nitrogen and oxygen atoms in total. The molecule has 2 aromatic carbocycles. The molecule has 0 amide bonds. The predicted molar refractivity (Wildman–Crippen MR) is 86.7 cm³/mol. The maximum Gasteiger partial charge on any atom is 0.0342 e. The molecule has 0 saturated heterocycles. The molecule has 2 unspecified atom stereocenters. The summed E-state index contributed by atoms with van der Waals surface area (Å²) < 4.78 is 0. The van der Waals surface area contributed by atoms with E-state index in [0.717, 1.165) is 0 Å². The van der Waals surface area contributed by atoms with E-state index >= 15 is 0 Å². The van der Waals surface area contributed by atoms with Crippen LogP contribution in [0.3, 0.4) is 0 Å². The molecule has 0 radical (unpaired) electrons. The molecule has 102 valence electrons. The monoisotopic (exact) mass is 264 g/mol. The second kappa shape index (κ2) is 7.39. The SMILES string of the molecule is CC(/C=N/N=C/C(C)c1ccccc1)c1ccccc1. The number of nitrogens with zero attached hydrogens (tertiary/aromatic N) is 2. The van der Waals surface area contributed by atoms with Crippen LogP contribution in [0.2, 0.25) is 0 Å². The lowest BCUT2D eigenvalue weighted by Gasteiger charge is -2.05. The van der Waals surface area contributed by atoms with Crippen LogP contribution in [0.5, 0.6) is 0 Å². The van der Waals surface area contributed by atoms with E-state index in [1.807, 2.05) is 48.8 Å². The van der Waals surface area contributed by atoms with E-state index in [0.29, 0.717) is 0 Å². The fraction of sp³-hybridized carbons (Fsp3) is 0.222. The van der Waals surface area contributed by atoms with Crippen molar-refractivity contribution in [2.24, 2.45) is 10.2 Å². The Morgan fingerprint density at radius 2 is 1.00 bits per heavy atom. The Balaban J connectivity index is 1.91. The maximum atomic E-state index is 4.16. The van der Waals surface area contributed by atoms with Crippen molar-refractivity contribution in [3.05, 3.63) is 71.8 Å². The average molecular weight is 264 g/mol. The first-order chi connectivity index (χ1) is 9.77. The second-order valence-corrected chi connectivity index (χ2v) is 4.93. The largest absolute Gasteiger partial charge is 0.163 e. The van der Waals surface area contributed by atoms with Gasteiger partial charge in [-0.2, -0.15) is 10.2 Å². The first kappa shape index (κ1) is 14.2. The van der Waals surface area contributed by atoms with Crippen molar-refractivity contribution in [2.75, 3.05) is 0 Å². The Morgan fingerprint density at radius 1 is 0.650 bits per heavy atom. The van der Waals surface area contributed by atoms with Crippen LogP contribution in [0.1, 0.15) is 36.8 Å². The molecule has 0 aliphatic carbocycles. The highest BCUT2D eigenvalue weighted by atomic mass is 15.2. The molecule has 20 heavy (non-hydrogen) atoms. The summed E-state index contributed by atoms with van der Waals surface area (Å²) in [6.07, 6.45) is 3.76. The zero-order chi connectivity index (χ0) is 14.2. The van der Waals surface area contributed by atoms with Crippen LogP contribution in [0.25, 0.3) is 0 Å². The van der Waals surface area contributed by atoms with Crippen molar-refractivity contribution in [1.82, 2.24) is 0 Å². The third-order valence-corrected chi connectivity index (χ3v) is 3.30. The van der Waals surface area contributed by atoms with E-state index in [1.165, 1.54) is 11.1 Å². The summed E-state index contributed by atoms with van der Waals surface area (Å²) in [7, 11) is 0. The fourth-order valence-electron chi connectivity index (χ4n) is 1.96. The molecule has 0 saturated carbocycles. The summed E-state index contributed by atoms with van der Waals surface area (Å²) in [4.78, 5) is 0. The minimum atomic E-state index is 0.278. The highest BCUT2D eigenvalue weighted by molar-refractivity contribution is 5.70. The molecule has 2 heteroatoms. The number of rotatable bonds is 5. The number of hydrogen-bond donors (Lipinski definition) is 0. The summed E-state index contributed by atoms with van der Waals surface area (Å²) in [6, 6.07) is 20.6. The third kappa shape index (κ3) is 4.16. The fourth-order valence-corrected chi connectivity index (χ4v) is 1.96. The van der Waals surface area contributed by atoms with Crippen LogP contribution in [0.4, 0.5) is 0 Å². The van der Waals surface area contributed by atoms with Crippen molar-refractivity contribution >= 4 is 12.4 Å². The summed E-state index contributed by atoms with van der Waals surface area (Å²) in [5.74, 6) is 0.556. The van der Waals surface area contributed by atoms with E-state index in [2.05, 4.69) is 48.3 Å². The average Bonchev–Trinajstić information content (AvgIpc) is 2.53. The van der Waals surface area contributed by atoms with Gasteiger partial charge < -0.3 is 0 Å². The predicted octanol–water partition coefficient (Wildman–Crippen LogP) is 4.65. The van der Waals surface area contributed by atoms with Gasteiger partial charge in [-0.3, -0.25) is 0 Å². The molecule has 0 fully saturated rings. The summed E-state index contributed by atoms with van der Waals surface area (Å²) in [5.41, 5.74) is 2.50.